The first-order valence-corrected chi connectivity index (χ1v) is 7.40. The summed E-state index contributed by atoms with van der Waals surface area (Å²) in [4.78, 5) is 24.2. The highest BCUT2D eigenvalue weighted by Gasteiger charge is 2.22. The number of nitrogens with one attached hydrogen (secondary N) is 1. The summed E-state index contributed by atoms with van der Waals surface area (Å²) in [7, 11) is 1.32. The van der Waals surface area contributed by atoms with Gasteiger partial charge < -0.3 is 10.1 Å². The van der Waals surface area contributed by atoms with Crippen LogP contribution in [0.2, 0.25) is 0 Å². The highest BCUT2D eigenvalue weighted by molar-refractivity contribution is 7.21. The van der Waals surface area contributed by atoms with Gasteiger partial charge in [0.25, 0.3) is 0 Å². The molecule has 0 aliphatic rings. The second-order valence-corrected chi connectivity index (χ2v) is 5.70. The molecule has 0 radical (unpaired) electrons. The Morgan fingerprint density at radius 1 is 1.40 bits per heavy atom. The molecular weight excluding hydrogens is 298 g/mol. The number of alkyl halides is 1. The van der Waals surface area contributed by atoms with Crippen molar-refractivity contribution in [2.75, 3.05) is 18.3 Å². The summed E-state index contributed by atoms with van der Waals surface area (Å²) in [6, 6.07) is 7.50. The number of carbonyl (C=O) groups is 2. The van der Waals surface area contributed by atoms with Gasteiger partial charge in [-0.3, -0.25) is 4.79 Å². The van der Waals surface area contributed by atoms with E-state index < -0.39 is 5.97 Å². The van der Waals surface area contributed by atoms with Crippen LogP contribution in [0.3, 0.4) is 0 Å². The molecule has 1 aromatic heterocycles. The summed E-state index contributed by atoms with van der Waals surface area (Å²) in [5.74, 6) is -0.781. The summed E-state index contributed by atoms with van der Waals surface area (Å²) < 4.78 is 5.69. The lowest BCUT2D eigenvalue weighted by molar-refractivity contribution is -0.118. The zero-order valence-electron chi connectivity index (χ0n) is 11.1. The Bertz CT molecular complexity index is 653. The average molecular weight is 312 g/mol. The van der Waals surface area contributed by atoms with Crippen molar-refractivity contribution < 1.29 is 14.3 Å². The van der Waals surface area contributed by atoms with Crippen molar-refractivity contribution in [3.8, 4) is 0 Å². The third-order valence-electron chi connectivity index (χ3n) is 2.89. The summed E-state index contributed by atoms with van der Waals surface area (Å²) >= 11 is 6.98. The first-order valence-electron chi connectivity index (χ1n) is 6.05. The van der Waals surface area contributed by atoms with E-state index in [0.29, 0.717) is 10.6 Å². The smallest absolute Gasteiger partial charge is 0.350 e. The van der Waals surface area contributed by atoms with E-state index in [2.05, 4.69) is 5.32 Å². The highest BCUT2D eigenvalue weighted by Crippen LogP contribution is 2.36. The Hall–Kier alpha value is -1.59. The van der Waals surface area contributed by atoms with Crippen LogP contribution in [0.5, 0.6) is 0 Å². The molecule has 2 rings (SSSR count). The van der Waals surface area contributed by atoms with Gasteiger partial charge in [0.15, 0.2) is 0 Å². The minimum atomic E-state index is -0.458. The van der Waals surface area contributed by atoms with Crippen molar-refractivity contribution in [3.63, 3.8) is 0 Å². The lowest BCUT2D eigenvalue weighted by Gasteiger charge is -2.10. The molecule has 1 N–H and O–H groups in total. The van der Waals surface area contributed by atoms with Crippen LogP contribution in [-0.4, -0.2) is 24.9 Å². The zero-order chi connectivity index (χ0) is 14.7. The van der Waals surface area contributed by atoms with Crippen LogP contribution in [-0.2, 0) is 9.53 Å². The summed E-state index contributed by atoms with van der Waals surface area (Å²) in [6.45, 7) is 1.73. The van der Waals surface area contributed by atoms with E-state index in [4.69, 9.17) is 16.3 Å². The lowest BCUT2D eigenvalue weighted by Crippen LogP contribution is -2.22. The molecule has 0 fully saturated rings. The van der Waals surface area contributed by atoms with Crippen molar-refractivity contribution in [1.29, 1.82) is 0 Å². The molecule has 1 atom stereocenters. The third kappa shape index (κ3) is 2.78. The number of halogens is 1. The van der Waals surface area contributed by atoms with E-state index in [1.54, 1.807) is 6.92 Å². The van der Waals surface area contributed by atoms with Crippen molar-refractivity contribution in [2.45, 2.75) is 6.92 Å². The van der Waals surface area contributed by atoms with Gasteiger partial charge >= 0.3 is 5.97 Å². The third-order valence-corrected chi connectivity index (χ3v) is 4.51. The highest BCUT2D eigenvalue weighted by atomic mass is 35.5. The zero-order valence-corrected chi connectivity index (χ0v) is 12.7. The number of rotatable bonds is 4. The maximum Gasteiger partial charge on any atom is 0.350 e. The normalized spacial score (nSPS) is 12.2. The second kappa shape index (κ2) is 6.24. The van der Waals surface area contributed by atoms with E-state index in [0.717, 1.165) is 10.1 Å². The molecular formula is C14H14ClNO3S. The molecule has 1 aromatic carbocycles. The van der Waals surface area contributed by atoms with Gasteiger partial charge in [-0.15, -0.1) is 22.9 Å². The Morgan fingerprint density at radius 2 is 2.10 bits per heavy atom. The summed E-state index contributed by atoms with van der Waals surface area (Å²) in [5, 5.41) is 3.61. The van der Waals surface area contributed by atoms with Gasteiger partial charge in [-0.1, -0.05) is 25.1 Å². The van der Waals surface area contributed by atoms with Crippen LogP contribution >= 0.6 is 22.9 Å². The topological polar surface area (TPSA) is 55.4 Å². The standard InChI is InChI=1S/C14H14ClNO3S/c1-8(7-15)13(17)16-11-9-5-3-4-6-10(9)20-12(11)14(18)19-2/h3-6,8H,7H2,1-2H3,(H,16,17). The molecule has 0 saturated carbocycles. The number of thiophene rings is 1. The van der Waals surface area contributed by atoms with Crippen LogP contribution in [0.15, 0.2) is 24.3 Å². The van der Waals surface area contributed by atoms with Crippen LogP contribution in [0, 0.1) is 5.92 Å². The van der Waals surface area contributed by atoms with E-state index in [1.165, 1.54) is 18.4 Å². The molecule has 6 heteroatoms. The summed E-state index contributed by atoms with van der Waals surface area (Å²) in [6.07, 6.45) is 0. The van der Waals surface area contributed by atoms with Crippen molar-refractivity contribution in [3.05, 3.63) is 29.1 Å². The molecule has 1 heterocycles. The first kappa shape index (κ1) is 14.8. The number of methoxy groups -OCH3 is 1. The number of fused-ring (bicyclic) bond motifs is 1. The molecule has 20 heavy (non-hydrogen) atoms. The SMILES string of the molecule is COC(=O)c1sc2ccccc2c1NC(=O)C(C)CCl. The van der Waals surface area contributed by atoms with Crippen LogP contribution < -0.4 is 5.32 Å². The quantitative estimate of drug-likeness (QED) is 0.694. The van der Waals surface area contributed by atoms with Gasteiger partial charge in [0.05, 0.1) is 12.8 Å². The fourth-order valence-corrected chi connectivity index (χ4v) is 2.94. The van der Waals surface area contributed by atoms with Gasteiger partial charge in [-0.2, -0.15) is 0 Å². The molecule has 1 amide bonds. The number of hydrogen-bond donors (Lipinski definition) is 1. The van der Waals surface area contributed by atoms with Crippen LogP contribution in [0.4, 0.5) is 5.69 Å². The number of amides is 1. The molecule has 0 bridgehead atoms. The predicted molar refractivity (Wildman–Crippen MR) is 81.7 cm³/mol. The van der Waals surface area contributed by atoms with Crippen molar-refractivity contribution in [1.82, 2.24) is 0 Å². The fraction of sp³-hybridized carbons (Fsp3) is 0.286. The molecule has 0 saturated heterocycles. The molecule has 106 valence electrons. The average Bonchev–Trinajstić information content (AvgIpc) is 2.84. The summed E-state index contributed by atoms with van der Waals surface area (Å²) in [5.41, 5.74) is 0.499. The van der Waals surface area contributed by atoms with Gasteiger partial charge in [0.1, 0.15) is 4.88 Å². The number of ether oxygens (including phenoxy) is 1. The van der Waals surface area contributed by atoms with E-state index >= 15 is 0 Å². The van der Waals surface area contributed by atoms with Gasteiger partial charge in [0.2, 0.25) is 5.91 Å². The molecule has 1 unspecified atom stereocenters. The molecule has 0 spiro atoms. The number of hydrogen-bond acceptors (Lipinski definition) is 4. The Kier molecular flexibility index (Phi) is 4.62. The van der Waals surface area contributed by atoms with E-state index in [9.17, 15) is 9.59 Å². The van der Waals surface area contributed by atoms with E-state index in [-0.39, 0.29) is 17.7 Å². The van der Waals surface area contributed by atoms with Crippen molar-refractivity contribution >= 4 is 50.6 Å². The van der Waals surface area contributed by atoms with Gasteiger partial charge in [-0.05, 0) is 6.07 Å². The minimum absolute atomic E-state index is 0.214. The molecule has 4 nitrogen and oxygen atoms in total. The number of carbonyl (C=O) groups excluding carboxylic acids is 2. The predicted octanol–water partition coefficient (Wildman–Crippen LogP) is 3.50. The van der Waals surface area contributed by atoms with Crippen molar-refractivity contribution in [2.24, 2.45) is 5.92 Å². The Labute approximate surface area is 125 Å². The number of anilines is 1. The second-order valence-electron chi connectivity index (χ2n) is 4.34. The molecule has 0 aliphatic carbocycles. The number of benzene rings is 1. The maximum atomic E-state index is 12.0. The minimum Gasteiger partial charge on any atom is -0.465 e. The molecule has 2 aromatic rings. The largest absolute Gasteiger partial charge is 0.465 e. The van der Waals surface area contributed by atoms with Crippen LogP contribution in [0.25, 0.3) is 10.1 Å². The maximum absolute atomic E-state index is 12.0. The monoisotopic (exact) mass is 311 g/mol. The van der Waals surface area contributed by atoms with Crippen LogP contribution in [0.1, 0.15) is 16.6 Å². The lowest BCUT2D eigenvalue weighted by atomic mass is 10.1. The fourth-order valence-electron chi connectivity index (χ4n) is 1.72. The first-order chi connectivity index (χ1) is 9.58. The van der Waals surface area contributed by atoms with Gasteiger partial charge in [0, 0.05) is 21.9 Å². The molecule has 0 aliphatic heterocycles. The van der Waals surface area contributed by atoms with E-state index in [1.807, 2.05) is 24.3 Å². The Morgan fingerprint density at radius 3 is 2.75 bits per heavy atom. The Balaban J connectivity index is 2.48. The number of esters is 1. The van der Waals surface area contributed by atoms with Gasteiger partial charge in [-0.25, -0.2) is 4.79 Å².